The van der Waals surface area contributed by atoms with E-state index in [0.29, 0.717) is 18.9 Å². The number of ether oxygens (including phenoxy) is 2. The number of allylic oxidation sites excluding steroid dienone is 1. The zero-order valence-corrected chi connectivity index (χ0v) is 21.5. The van der Waals surface area contributed by atoms with Crippen molar-refractivity contribution < 1.29 is 14.3 Å². The van der Waals surface area contributed by atoms with Crippen LogP contribution in [0, 0.1) is 5.92 Å². The Bertz CT molecular complexity index is 750. The zero-order valence-electron chi connectivity index (χ0n) is 21.5. The van der Waals surface area contributed by atoms with Gasteiger partial charge >= 0.3 is 5.97 Å². The monoisotopic (exact) mass is 458 g/mol. The van der Waals surface area contributed by atoms with E-state index in [9.17, 15) is 4.79 Å². The van der Waals surface area contributed by atoms with E-state index in [-0.39, 0.29) is 18.2 Å². The number of nitrogens with zero attached hydrogens (tertiary/aromatic N) is 2. The number of hydrogen-bond acceptors (Lipinski definition) is 4. The second-order valence-corrected chi connectivity index (χ2v) is 9.59. The van der Waals surface area contributed by atoms with Crippen molar-refractivity contribution >= 4 is 17.8 Å². The van der Waals surface area contributed by atoms with E-state index < -0.39 is 0 Å². The average molecular weight is 459 g/mol. The molecule has 0 radical (unpaired) electrons. The lowest BCUT2D eigenvalue weighted by Crippen LogP contribution is -2.18. The lowest BCUT2D eigenvalue weighted by molar-refractivity contribution is -0.147. The van der Waals surface area contributed by atoms with Crippen molar-refractivity contribution in [2.75, 3.05) is 6.61 Å². The van der Waals surface area contributed by atoms with Gasteiger partial charge in [-0.2, -0.15) is 5.10 Å². The van der Waals surface area contributed by atoms with Crippen molar-refractivity contribution in [3.8, 4) is 0 Å². The van der Waals surface area contributed by atoms with Gasteiger partial charge in [0.1, 0.15) is 12.7 Å². The van der Waals surface area contributed by atoms with Gasteiger partial charge in [0.2, 0.25) is 0 Å². The van der Waals surface area contributed by atoms with Crippen LogP contribution in [0.5, 0.6) is 0 Å². The number of carbonyl (C=O) groups is 1. The normalized spacial score (nSPS) is 18.5. The number of aromatic nitrogens is 1. The average Bonchev–Trinajstić information content (AvgIpc) is 3.43. The first-order valence-corrected chi connectivity index (χ1v) is 13.2. The van der Waals surface area contributed by atoms with Gasteiger partial charge in [0, 0.05) is 12.6 Å². The summed E-state index contributed by atoms with van der Waals surface area (Å²) in [5.74, 6) is 0.250. The van der Waals surface area contributed by atoms with Crippen LogP contribution in [0.4, 0.5) is 0 Å². The Kier molecular flexibility index (Phi) is 12.5. The van der Waals surface area contributed by atoms with Crippen molar-refractivity contribution in [3.05, 3.63) is 30.1 Å². The molecular weight excluding hydrogens is 412 g/mol. The van der Waals surface area contributed by atoms with Gasteiger partial charge in [0.25, 0.3) is 0 Å². The molecule has 2 rings (SSSR count). The summed E-state index contributed by atoms with van der Waals surface area (Å²) in [4.78, 5) is 12.1. The molecule has 0 aliphatic carbocycles. The smallest absolute Gasteiger partial charge is 0.305 e. The standard InChI is InChI=1S/C28H46N2O3/c1-6-8-9-10-11-12-13-14-15-16-28(31)32-21-24-17-20-27(33-24)26-19-18-25(23(5)22(3)4)30(26)29-7-2/h7,18-19,22,24,27H,5-6,8-17,20-21H2,1-4H3/b29-7-. The van der Waals surface area contributed by atoms with Crippen molar-refractivity contribution in [2.24, 2.45) is 11.0 Å². The molecular formula is C28H46N2O3. The summed E-state index contributed by atoms with van der Waals surface area (Å²) >= 11 is 0. The van der Waals surface area contributed by atoms with E-state index in [0.717, 1.165) is 42.6 Å². The van der Waals surface area contributed by atoms with Gasteiger partial charge in [0.05, 0.1) is 17.5 Å². The van der Waals surface area contributed by atoms with Gasteiger partial charge in [-0.25, -0.2) is 4.68 Å². The van der Waals surface area contributed by atoms with Gasteiger partial charge in [-0.1, -0.05) is 78.7 Å². The third kappa shape index (κ3) is 9.11. The van der Waals surface area contributed by atoms with E-state index in [1.54, 1.807) is 6.21 Å². The third-order valence-electron chi connectivity index (χ3n) is 6.49. The van der Waals surface area contributed by atoms with Crippen LogP contribution in [0.25, 0.3) is 5.57 Å². The fourth-order valence-electron chi connectivity index (χ4n) is 4.36. The number of hydrogen-bond donors (Lipinski definition) is 0. The Labute approximate surface area is 201 Å². The summed E-state index contributed by atoms with van der Waals surface area (Å²) in [6.07, 6.45) is 15.2. The number of unbranched alkanes of at least 4 members (excludes halogenated alkanes) is 8. The molecule has 2 atom stereocenters. The Balaban J connectivity index is 1.69. The fourth-order valence-corrected chi connectivity index (χ4v) is 4.36. The van der Waals surface area contributed by atoms with E-state index in [4.69, 9.17) is 9.47 Å². The zero-order chi connectivity index (χ0) is 24.1. The third-order valence-corrected chi connectivity index (χ3v) is 6.49. The molecule has 1 fully saturated rings. The Morgan fingerprint density at radius 2 is 1.82 bits per heavy atom. The molecule has 33 heavy (non-hydrogen) atoms. The molecule has 2 unspecified atom stereocenters. The predicted molar refractivity (Wildman–Crippen MR) is 138 cm³/mol. The second kappa shape index (κ2) is 15.1. The second-order valence-electron chi connectivity index (χ2n) is 9.59. The van der Waals surface area contributed by atoms with E-state index in [1.165, 1.54) is 44.9 Å². The number of esters is 1. The maximum atomic E-state index is 12.1. The minimum absolute atomic E-state index is 0.0385. The summed E-state index contributed by atoms with van der Waals surface area (Å²) in [6.45, 7) is 13.0. The highest BCUT2D eigenvalue weighted by Crippen LogP contribution is 2.35. The van der Waals surface area contributed by atoms with Crippen LogP contribution >= 0.6 is 0 Å². The Morgan fingerprint density at radius 1 is 1.15 bits per heavy atom. The quantitative estimate of drug-likeness (QED) is 0.145. The molecule has 1 aliphatic rings. The first-order chi connectivity index (χ1) is 16.0. The van der Waals surface area contributed by atoms with Crippen molar-refractivity contribution in [2.45, 2.75) is 117 Å². The molecule has 0 bridgehead atoms. The minimum atomic E-state index is -0.0977. The highest BCUT2D eigenvalue weighted by atomic mass is 16.6. The molecule has 0 aromatic carbocycles. The molecule has 1 aromatic heterocycles. The number of carbonyl (C=O) groups excluding carboxylic acids is 1. The highest BCUT2D eigenvalue weighted by Gasteiger charge is 2.30. The topological polar surface area (TPSA) is 52.8 Å². The minimum Gasteiger partial charge on any atom is -0.463 e. The van der Waals surface area contributed by atoms with Crippen molar-refractivity contribution in [3.63, 3.8) is 0 Å². The largest absolute Gasteiger partial charge is 0.463 e. The Morgan fingerprint density at radius 3 is 2.45 bits per heavy atom. The molecule has 0 saturated carbocycles. The maximum Gasteiger partial charge on any atom is 0.305 e. The van der Waals surface area contributed by atoms with Gasteiger partial charge in [0.15, 0.2) is 0 Å². The van der Waals surface area contributed by atoms with Crippen LogP contribution in [-0.4, -0.2) is 29.6 Å². The van der Waals surface area contributed by atoms with E-state index >= 15 is 0 Å². The molecule has 1 saturated heterocycles. The summed E-state index contributed by atoms with van der Waals surface area (Å²) in [6, 6.07) is 4.16. The van der Waals surface area contributed by atoms with Crippen molar-refractivity contribution in [1.29, 1.82) is 0 Å². The molecule has 0 N–H and O–H groups in total. The predicted octanol–water partition coefficient (Wildman–Crippen LogP) is 7.70. The van der Waals surface area contributed by atoms with E-state index in [2.05, 4.69) is 44.6 Å². The molecule has 1 aromatic rings. The summed E-state index contributed by atoms with van der Waals surface area (Å²) < 4.78 is 13.7. The SMILES string of the molecule is C=C(c1ccc(C2CCC(COC(=O)CCCCCCCCCCC)O2)n1/N=C\C)C(C)C. The lowest BCUT2D eigenvalue weighted by atomic mass is 10.0. The van der Waals surface area contributed by atoms with Crippen LogP contribution in [0.3, 0.4) is 0 Å². The van der Waals surface area contributed by atoms with Gasteiger partial charge in [-0.05, 0) is 49.8 Å². The summed E-state index contributed by atoms with van der Waals surface area (Å²) in [5, 5.41) is 4.55. The lowest BCUT2D eigenvalue weighted by Gasteiger charge is -2.17. The van der Waals surface area contributed by atoms with E-state index in [1.807, 2.05) is 11.6 Å². The highest BCUT2D eigenvalue weighted by molar-refractivity contribution is 5.69. The van der Waals surface area contributed by atoms with Gasteiger partial charge in [-0.15, -0.1) is 0 Å². The van der Waals surface area contributed by atoms with Crippen molar-refractivity contribution in [1.82, 2.24) is 4.68 Å². The van der Waals surface area contributed by atoms with Gasteiger partial charge in [-0.3, -0.25) is 4.79 Å². The first kappa shape index (κ1) is 27.4. The fraction of sp³-hybridized carbons (Fsp3) is 0.714. The molecule has 0 amide bonds. The summed E-state index contributed by atoms with van der Waals surface area (Å²) in [5.41, 5.74) is 3.12. The first-order valence-electron chi connectivity index (χ1n) is 13.2. The van der Waals surface area contributed by atoms with Crippen LogP contribution < -0.4 is 0 Å². The van der Waals surface area contributed by atoms with Gasteiger partial charge < -0.3 is 9.47 Å². The van der Waals surface area contributed by atoms with Crippen LogP contribution in [0.1, 0.15) is 122 Å². The molecule has 5 heteroatoms. The van der Waals surface area contributed by atoms with Crippen LogP contribution in [0.2, 0.25) is 0 Å². The van der Waals surface area contributed by atoms with Crippen LogP contribution in [0.15, 0.2) is 23.8 Å². The number of rotatable bonds is 16. The van der Waals surface area contributed by atoms with Crippen LogP contribution in [-0.2, 0) is 14.3 Å². The molecule has 1 aliphatic heterocycles. The molecule has 2 heterocycles. The molecule has 5 nitrogen and oxygen atoms in total. The Hall–Kier alpha value is -1.88. The summed E-state index contributed by atoms with van der Waals surface area (Å²) in [7, 11) is 0. The molecule has 0 spiro atoms. The maximum absolute atomic E-state index is 12.1. The molecule has 186 valence electrons.